The molecule has 144 valence electrons. The van der Waals surface area contributed by atoms with E-state index in [1.165, 1.54) is 15.5 Å². The van der Waals surface area contributed by atoms with Crippen LogP contribution in [0.2, 0.25) is 0 Å². The summed E-state index contributed by atoms with van der Waals surface area (Å²) in [6, 6.07) is 14.8. The van der Waals surface area contributed by atoms with Crippen LogP contribution in [0.1, 0.15) is 17.3 Å². The summed E-state index contributed by atoms with van der Waals surface area (Å²) in [5, 5.41) is 2.88. The predicted octanol–water partition coefficient (Wildman–Crippen LogP) is 4.47. The number of rotatable bonds is 6. The molecular formula is C23H25N3OS. The zero-order valence-corrected chi connectivity index (χ0v) is 16.9. The number of nitrogens with one attached hydrogen (secondary N) is 1. The fourth-order valence-corrected chi connectivity index (χ4v) is 4.84. The quantitative estimate of drug-likeness (QED) is 0.737. The van der Waals surface area contributed by atoms with E-state index in [1.807, 2.05) is 12.1 Å². The molecule has 0 saturated heterocycles. The summed E-state index contributed by atoms with van der Waals surface area (Å²) in [6.45, 7) is 9.38. The van der Waals surface area contributed by atoms with Crippen molar-refractivity contribution in [1.29, 1.82) is 0 Å². The maximum absolute atomic E-state index is 12.5. The van der Waals surface area contributed by atoms with Gasteiger partial charge in [0.1, 0.15) is 0 Å². The van der Waals surface area contributed by atoms with E-state index in [9.17, 15) is 4.79 Å². The lowest BCUT2D eigenvalue weighted by atomic mass is 10.1. The van der Waals surface area contributed by atoms with Crippen LogP contribution in [0.5, 0.6) is 0 Å². The largest absolute Gasteiger partial charge is 0.349 e. The summed E-state index contributed by atoms with van der Waals surface area (Å²) in [7, 11) is 0. The number of carbonyl (C=O) groups is 1. The van der Waals surface area contributed by atoms with Crippen LogP contribution in [0.15, 0.2) is 77.1 Å². The molecule has 1 N–H and O–H groups in total. The van der Waals surface area contributed by atoms with Crippen molar-refractivity contribution in [3.8, 4) is 0 Å². The highest BCUT2D eigenvalue weighted by Crippen LogP contribution is 2.49. The van der Waals surface area contributed by atoms with Crippen molar-refractivity contribution in [2.75, 3.05) is 31.1 Å². The van der Waals surface area contributed by atoms with Crippen molar-refractivity contribution in [2.24, 2.45) is 0 Å². The van der Waals surface area contributed by atoms with Crippen LogP contribution in [0, 0.1) is 0 Å². The number of amides is 1. The number of nitrogens with zero attached hydrogens (tertiary/aromatic N) is 2. The van der Waals surface area contributed by atoms with Gasteiger partial charge < -0.3 is 10.2 Å². The van der Waals surface area contributed by atoms with Crippen LogP contribution in [-0.2, 0) is 0 Å². The molecule has 2 heterocycles. The van der Waals surface area contributed by atoms with Gasteiger partial charge in [-0.3, -0.25) is 9.69 Å². The van der Waals surface area contributed by atoms with E-state index in [1.54, 1.807) is 17.8 Å². The molecule has 1 amide bonds. The fourth-order valence-electron chi connectivity index (χ4n) is 3.79. The van der Waals surface area contributed by atoms with Gasteiger partial charge in [0.2, 0.25) is 0 Å². The maximum atomic E-state index is 12.5. The van der Waals surface area contributed by atoms with E-state index in [0.717, 1.165) is 25.3 Å². The molecule has 2 aromatic carbocycles. The third-order valence-electron chi connectivity index (χ3n) is 5.09. The van der Waals surface area contributed by atoms with E-state index in [2.05, 4.69) is 71.1 Å². The summed E-state index contributed by atoms with van der Waals surface area (Å²) >= 11 is 1.77. The number of hydrogen-bond donors (Lipinski definition) is 1. The van der Waals surface area contributed by atoms with Crippen LogP contribution < -0.4 is 10.2 Å². The molecular weight excluding hydrogens is 366 g/mol. The van der Waals surface area contributed by atoms with Crippen LogP contribution >= 0.6 is 11.8 Å². The number of carbonyl (C=O) groups excluding carboxylic acids is 1. The Bertz CT molecular complexity index is 916. The summed E-state index contributed by atoms with van der Waals surface area (Å²) in [4.78, 5) is 19.8. The van der Waals surface area contributed by atoms with Crippen LogP contribution in [-0.4, -0.2) is 43.0 Å². The van der Waals surface area contributed by atoms with E-state index in [4.69, 9.17) is 0 Å². The molecule has 5 heteroatoms. The van der Waals surface area contributed by atoms with Gasteiger partial charge in [0, 0.05) is 47.6 Å². The normalized spacial score (nSPS) is 16.4. The molecule has 1 unspecified atom stereocenters. The first kappa shape index (κ1) is 18.8. The van der Waals surface area contributed by atoms with Crippen molar-refractivity contribution in [1.82, 2.24) is 10.2 Å². The van der Waals surface area contributed by atoms with Crippen molar-refractivity contribution < 1.29 is 4.79 Å². The highest BCUT2D eigenvalue weighted by atomic mass is 32.2. The third-order valence-corrected chi connectivity index (χ3v) is 6.22. The van der Waals surface area contributed by atoms with Gasteiger partial charge in [-0.25, -0.2) is 0 Å². The van der Waals surface area contributed by atoms with Crippen molar-refractivity contribution in [3.05, 3.63) is 72.8 Å². The topological polar surface area (TPSA) is 35.6 Å². The van der Waals surface area contributed by atoms with Gasteiger partial charge in [0.25, 0.3) is 5.91 Å². The van der Waals surface area contributed by atoms with Gasteiger partial charge in [0.05, 0.1) is 11.4 Å². The first-order valence-corrected chi connectivity index (χ1v) is 10.5. The molecule has 0 aromatic heterocycles. The number of benzene rings is 2. The third kappa shape index (κ3) is 3.73. The standard InChI is InChI=1S/C23H25N3OS/c1-3-12-24-23(27)18-10-11-22-20(15-18)26(17(2)16-25-13-6-7-14-25)19-8-4-5-9-21(19)28-22/h3-11,15,17H,1,12-14,16H2,2H3,(H,24,27). The van der Waals surface area contributed by atoms with E-state index in [-0.39, 0.29) is 11.9 Å². The molecule has 0 fully saturated rings. The zero-order chi connectivity index (χ0) is 19.5. The SMILES string of the molecule is C=CCNC(=O)c1ccc2c(c1)N(C(C)CN1CC=CC1)c1ccccc1S2. The van der Waals surface area contributed by atoms with Crippen molar-refractivity contribution >= 4 is 29.0 Å². The maximum Gasteiger partial charge on any atom is 0.251 e. The van der Waals surface area contributed by atoms with Crippen molar-refractivity contribution in [2.45, 2.75) is 22.8 Å². The Morgan fingerprint density at radius 1 is 1.18 bits per heavy atom. The zero-order valence-electron chi connectivity index (χ0n) is 16.1. The minimum absolute atomic E-state index is 0.0668. The second kappa shape index (κ2) is 8.25. The minimum Gasteiger partial charge on any atom is -0.349 e. The molecule has 0 spiro atoms. The fraction of sp³-hybridized carbons (Fsp3) is 0.261. The van der Waals surface area contributed by atoms with E-state index < -0.39 is 0 Å². The van der Waals surface area contributed by atoms with Gasteiger partial charge in [0.15, 0.2) is 0 Å². The monoisotopic (exact) mass is 391 g/mol. The Morgan fingerprint density at radius 2 is 1.93 bits per heavy atom. The number of anilines is 2. The lowest BCUT2D eigenvalue weighted by Gasteiger charge is -2.39. The number of fused-ring (bicyclic) bond motifs is 2. The first-order chi connectivity index (χ1) is 13.7. The highest BCUT2D eigenvalue weighted by molar-refractivity contribution is 7.99. The number of hydrogen-bond acceptors (Lipinski definition) is 4. The summed E-state index contributed by atoms with van der Waals surface area (Å²) in [5.41, 5.74) is 3.00. The summed E-state index contributed by atoms with van der Waals surface area (Å²) < 4.78 is 0. The Labute approximate surface area is 170 Å². The van der Waals surface area contributed by atoms with Gasteiger partial charge in [-0.2, -0.15) is 0 Å². The predicted molar refractivity (Wildman–Crippen MR) is 117 cm³/mol. The lowest BCUT2D eigenvalue weighted by Crippen LogP contribution is -2.40. The molecule has 0 aliphatic carbocycles. The molecule has 28 heavy (non-hydrogen) atoms. The summed E-state index contributed by atoms with van der Waals surface area (Å²) in [6.07, 6.45) is 6.15. The van der Waals surface area contributed by atoms with Gasteiger partial charge in [-0.15, -0.1) is 6.58 Å². The minimum atomic E-state index is -0.0668. The van der Waals surface area contributed by atoms with E-state index >= 15 is 0 Å². The summed E-state index contributed by atoms with van der Waals surface area (Å²) in [5.74, 6) is -0.0668. The van der Waals surface area contributed by atoms with Crippen LogP contribution in [0.4, 0.5) is 11.4 Å². The molecule has 0 radical (unpaired) electrons. The Hall–Kier alpha value is -2.50. The molecule has 4 rings (SSSR count). The molecule has 0 saturated carbocycles. The lowest BCUT2D eigenvalue weighted by molar-refractivity contribution is 0.0958. The molecule has 2 aliphatic rings. The van der Waals surface area contributed by atoms with E-state index in [0.29, 0.717) is 12.1 Å². The molecule has 2 aliphatic heterocycles. The Balaban J connectivity index is 1.69. The molecule has 4 nitrogen and oxygen atoms in total. The van der Waals surface area contributed by atoms with Crippen LogP contribution in [0.3, 0.4) is 0 Å². The average molecular weight is 392 g/mol. The Kier molecular flexibility index (Phi) is 5.55. The van der Waals surface area contributed by atoms with Crippen LogP contribution in [0.25, 0.3) is 0 Å². The smallest absolute Gasteiger partial charge is 0.251 e. The average Bonchev–Trinajstić information content (AvgIpc) is 3.22. The molecule has 2 aromatic rings. The molecule has 1 atom stereocenters. The Morgan fingerprint density at radius 3 is 2.71 bits per heavy atom. The second-order valence-electron chi connectivity index (χ2n) is 7.16. The van der Waals surface area contributed by atoms with Crippen molar-refractivity contribution in [3.63, 3.8) is 0 Å². The van der Waals surface area contributed by atoms with Gasteiger partial charge in [-0.05, 0) is 37.3 Å². The first-order valence-electron chi connectivity index (χ1n) is 9.64. The number of para-hydroxylation sites is 1. The molecule has 0 bridgehead atoms. The highest BCUT2D eigenvalue weighted by Gasteiger charge is 2.28. The second-order valence-corrected chi connectivity index (χ2v) is 8.24. The van der Waals surface area contributed by atoms with Gasteiger partial charge in [-0.1, -0.05) is 42.1 Å². The van der Waals surface area contributed by atoms with Gasteiger partial charge >= 0.3 is 0 Å².